The molecule has 0 radical (unpaired) electrons. The summed E-state index contributed by atoms with van der Waals surface area (Å²) < 4.78 is 4.51. The largest absolute Gasteiger partial charge is 0.332 e. The minimum Gasteiger partial charge on any atom is -0.317 e. The molecular weight excluding hydrogens is 437 g/mol. The lowest BCUT2D eigenvalue weighted by Crippen LogP contribution is -2.39. The van der Waals surface area contributed by atoms with E-state index in [2.05, 4.69) is 11.8 Å². The van der Waals surface area contributed by atoms with Gasteiger partial charge < -0.3 is 4.57 Å². The first kappa shape index (κ1) is 22.1. The molecule has 166 valence electrons. The summed E-state index contributed by atoms with van der Waals surface area (Å²) in [4.78, 5) is 32.8. The van der Waals surface area contributed by atoms with Crippen molar-refractivity contribution in [2.75, 3.05) is 6.54 Å². The maximum Gasteiger partial charge on any atom is 0.332 e. The summed E-state index contributed by atoms with van der Waals surface area (Å²) >= 11 is 12.3. The van der Waals surface area contributed by atoms with E-state index in [0.717, 1.165) is 35.3 Å². The number of aromatic nitrogens is 4. The lowest BCUT2D eigenvalue weighted by atomic mass is 10.00. The predicted octanol–water partition coefficient (Wildman–Crippen LogP) is 3.55. The highest BCUT2D eigenvalue weighted by atomic mass is 35.5. The van der Waals surface area contributed by atoms with Gasteiger partial charge >= 0.3 is 5.69 Å². The zero-order chi connectivity index (χ0) is 22.3. The maximum atomic E-state index is 13.1. The number of hydrogen-bond donors (Lipinski definition) is 0. The molecule has 0 N–H and O–H groups in total. The molecule has 1 aliphatic heterocycles. The zero-order valence-corrected chi connectivity index (χ0v) is 19.6. The summed E-state index contributed by atoms with van der Waals surface area (Å²) in [6.07, 6.45) is 4.64. The van der Waals surface area contributed by atoms with Gasteiger partial charge in [-0.2, -0.15) is 0 Å². The Hall–Kier alpha value is -2.09. The Morgan fingerprint density at radius 1 is 1.06 bits per heavy atom. The molecular formula is C22H27Cl2N5O2. The molecule has 9 heteroatoms. The van der Waals surface area contributed by atoms with Crippen molar-refractivity contribution < 1.29 is 0 Å². The highest BCUT2D eigenvalue weighted by Gasteiger charge is 2.25. The quantitative estimate of drug-likeness (QED) is 0.580. The molecule has 0 bridgehead atoms. The highest BCUT2D eigenvalue weighted by molar-refractivity contribution is 6.42. The van der Waals surface area contributed by atoms with E-state index in [1.165, 1.54) is 24.5 Å². The predicted molar refractivity (Wildman–Crippen MR) is 124 cm³/mol. The van der Waals surface area contributed by atoms with Gasteiger partial charge in [0.25, 0.3) is 5.56 Å². The smallest absolute Gasteiger partial charge is 0.317 e. The van der Waals surface area contributed by atoms with Crippen LogP contribution in [0.1, 0.15) is 44.0 Å². The van der Waals surface area contributed by atoms with E-state index in [4.69, 9.17) is 28.2 Å². The molecule has 1 aromatic carbocycles. The van der Waals surface area contributed by atoms with Crippen molar-refractivity contribution in [1.82, 2.24) is 23.6 Å². The second kappa shape index (κ2) is 8.81. The Morgan fingerprint density at radius 2 is 1.84 bits per heavy atom. The van der Waals surface area contributed by atoms with Crippen LogP contribution in [-0.4, -0.2) is 36.2 Å². The van der Waals surface area contributed by atoms with E-state index in [1.54, 1.807) is 13.1 Å². The van der Waals surface area contributed by atoms with Crippen LogP contribution in [-0.2, 0) is 27.2 Å². The van der Waals surface area contributed by atoms with Gasteiger partial charge in [0.2, 0.25) is 0 Å². The second-order valence-electron chi connectivity index (χ2n) is 8.27. The molecule has 1 fully saturated rings. The molecule has 0 amide bonds. The zero-order valence-electron chi connectivity index (χ0n) is 18.1. The number of piperidine rings is 1. The molecule has 0 aliphatic carbocycles. The van der Waals surface area contributed by atoms with Gasteiger partial charge in [0.15, 0.2) is 11.2 Å². The van der Waals surface area contributed by atoms with Crippen molar-refractivity contribution in [3.8, 4) is 0 Å². The topological polar surface area (TPSA) is 65.1 Å². The maximum absolute atomic E-state index is 13.1. The van der Waals surface area contributed by atoms with Gasteiger partial charge in [-0.05, 0) is 43.5 Å². The number of nitrogens with zero attached hydrogens (tertiary/aromatic N) is 5. The Kier molecular flexibility index (Phi) is 6.28. The Balaban J connectivity index is 1.87. The van der Waals surface area contributed by atoms with Crippen molar-refractivity contribution in [3.63, 3.8) is 0 Å². The van der Waals surface area contributed by atoms with Gasteiger partial charge in [0, 0.05) is 26.7 Å². The molecule has 0 unspecified atom stereocenters. The van der Waals surface area contributed by atoms with E-state index in [1.807, 2.05) is 16.7 Å². The van der Waals surface area contributed by atoms with Crippen LogP contribution in [0.2, 0.25) is 10.0 Å². The van der Waals surface area contributed by atoms with Crippen molar-refractivity contribution in [2.45, 2.75) is 51.7 Å². The van der Waals surface area contributed by atoms with Crippen LogP contribution < -0.4 is 11.2 Å². The molecule has 31 heavy (non-hydrogen) atoms. The van der Waals surface area contributed by atoms with E-state index in [-0.39, 0.29) is 11.2 Å². The van der Waals surface area contributed by atoms with Crippen LogP contribution in [0.4, 0.5) is 0 Å². The molecule has 3 aromatic rings. The van der Waals surface area contributed by atoms with E-state index < -0.39 is 0 Å². The molecule has 3 heterocycles. The van der Waals surface area contributed by atoms with Crippen molar-refractivity contribution in [2.24, 2.45) is 14.1 Å². The minimum atomic E-state index is -0.382. The van der Waals surface area contributed by atoms with Crippen LogP contribution >= 0.6 is 23.2 Å². The molecule has 0 saturated carbocycles. The fourth-order valence-electron chi connectivity index (χ4n) is 4.52. The number of aryl methyl sites for hydroxylation is 1. The monoisotopic (exact) mass is 463 g/mol. The first-order valence-electron chi connectivity index (χ1n) is 10.6. The molecule has 1 atom stereocenters. The second-order valence-corrected chi connectivity index (χ2v) is 9.08. The third-order valence-corrected chi connectivity index (χ3v) is 7.06. The number of halogens is 2. The van der Waals surface area contributed by atoms with Crippen molar-refractivity contribution >= 4 is 34.4 Å². The van der Waals surface area contributed by atoms with E-state index in [9.17, 15) is 9.59 Å². The fourth-order valence-corrected chi connectivity index (χ4v) is 4.84. The van der Waals surface area contributed by atoms with Gasteiger partial charge in [0.1, 0.15) is 5.82 Å². The number of fused-ring (bicyclic) bond motifs is 1. The number of benzene rings is 1. The van der Waals surface area contributed by atoms with Crippen molar-refractivity contribution in [3.05, 3.63) is 60.5 Å². The number of likely N-dealkylation sites (tertiary alicyclic amines) is 1. The number of hydrogen-bond acceptors (Lipinski definition) is 4. The first-order valence-corrected chi connectivity index (χ1v) is 11.4. The van der Waals surface area contributed by atoms with Crippen LogP contribution in [0.25, 0.3) is 11.2 Å². The first-order chi connectivity index (χ1) is 14.8. The summed E-state index contributed by atoms with van der Waals surface area (Å²) in [6.45, 7) is 4.26. The minimum absolute atomic E-state index is 0.345. The average molecular weight is 464 g/mol. The van der Waals surface area contributed by atoms with Crippen LogP contribution in [0.5, 0.6) is 0 Å². The molecule has 7 nitrogen and oxygen atoms in total. The summed E-state index contributed by atoms with van der Waals surface area (Å²) in [7, 11) is 3.15. The SMILES string of the molecule is CC[C@H]1CCCCN1Cc1nc2c(c(=O)n(C)c(=O)n2C)n1Cc1ccc(Cl)c(Cl)c1. The number of imidazole rings is 1. The molecule has 4 rings (SSSR count). The summed E-state index contributed by atoms with van der Waals surface area (Å²) in [5.41, 5.74) is 1.02. The fraction of sp³-hybridized carbons (Fsp3) is 0.500. The average Bonchev–Trinajstić information content (AvgIpc) is 3.11. The van der Waals surface area contributed by atoms with Gasteiger partial charge in [-0.25, -0.2) is 9.78 Å². The number of rotatable bonds is 5. The molecule has 0 spiro atoms. The Labute approximate surface area is 190 Å². The Bertz CT molecular complexity index is 1240. The lowest BCUT2D eigenvalue weighted by Gasteiger charge is -2.34. The third-order valence-electron chi connectivity index (χ3n) is 6.32. The molecule has 1 aliphatic rings. The van der Waals surface area contributed by atoms with Crippen LogP contribution in [0.15, 0.2) is 27.8 Å². The van der Waals surface area contributed by atoms with Crippen LogP contribution in [0, 0.1) is 0 Å². The molecule has 1 saturated heterocycles. The Morgan fingerprint density at radius 3 is 2.55 bits per heavy atom. The summed E-state index contributed by atoms with van der Waals surface area (Å²) in [5, 5.41) is 0.950. The lowest BCUT2D eigenvalue weighted by molar-refractivity contribution is 0.131. The van der Waals surface area contributed by atoms with Gasteiger partial charge in [-0.3, -0.25) is 18.8 Å². The third kappa shape index (κ3) is 4.06. The van der Waals surface area contributed by atoms with E-state index in [0.29, 0.717) is 40.3 Å². The van der Waals surface area contributed by atoms with Gasteiger partial charge in [0.05, 0.1) is 16.6 Å². The molecule has 2 aromatic heterocycles. The van der Waals surface area contributed by atoms with Crippen LogP contribution in [0.3, 0.4) is 0 Å². The van der Waals surface area contributed by atoms with Crippen molar-refractivity contribution in [1.29, 1.82) is 0 Å². The standard InChI is InChI=1S/C22H27Cl2N5O2/c1-4-15-7-5-6-10-28(15)13-18-25-20-19(21(30)27(3)22(31)26(20)2)29(18)12-14-8-9-16(23)17(24)11-14/h8-9,11,15H,4-7,10,12-13H2,1-3H3/t15-/m0/s1. The van der Waals surface area contributed by atoms with E-state index >= 15 is 0 Å². The van der Waals surface area contributed by atoms with Gasteiger partial charge in [-0.15, -0.1) is 0 Å². The normalized spacial score (nSPS) is 17.5. The summed E-state index contributed by atoms with van der Waals surface area (Å²) in [5.74, 6) is 0.778. The summed E-state index contributed by atoms with van der Waals surface area (Å²) in [6, 6.07) is 5.95. The van der Waals surface area contributed by atoms with Gasteiger partial charge in [-0.1, -0.05) is 42.6 Å². The highest BCUT2D eigenvalue weighted by Crippen LogP contribution is 2.26.